The van der Waals surface area contributed by atoms with Crippen LogP contribution in [0.3, 0.4) is 0 Å². The molecule has 0 fully saturated rings. The lowest BCUT2D eigenvalue weighted by molar-refractivity contribution is -0.117. The van der Waals surface area contributed by atoms with Crippen LogP contribution in [-0.4, -0.2) is 19.6 Å². The lowest BCUT2D eigenvalue weighted by Crippen LogP contribution is -2.39. The summed E-state index contributed by atoms with van der Waals surface area (Å²) in [5.74, 6) is -0.330. The number of ether oxygens (including phenoxy) is 1. The van der Waals surface area contributed by atoms with Gasteiger partial charge >= 0.3 is 0 Å². The predicted molar refractivity (Wildman–Crippen MR) is 79.1 cm³/mol. The van der Waals surface area contributed by atoms with Crippen LogP contribution in [0.1, 0.15) is 5.56 Å². The Kier molecular flexibility index (Phi) is 3.48. The first-order chi connectivity index (χ1) is 10.2. The first kappa shape index (κ1) is 13.4. The maximum atomic E-state index is 14.3. The third-order valence-corrected chi connectivity index (χ3v) is 3.52. The summed E-state index contributed by atoms with van der Waals surface area (Å²) < 4.78 is 19.2. The molecule has 0 spiro atoms. The van der Waals surface area contributed by atoms with Gasteiger partial charge in [-0.3, -0.25) is 4.79 Å². The fraction of sp³-hybridized carbons (Fsp3) is 0.188. The Morgan fingerprint density at radius 1 is 1.24 bits per heavy atom. The molecule has 0 unspecified atom stereocenters. The number of methoxy groups -OCH3 is 1. The maximum Gasteiger partial charge on any atom is 0.246 e. The second-order valence-corrected chi connectivity index (χ2v) is 4.78. The normalized spacial score (nSPS) is 13.6. The SMILES string of the molecule is COc1cccc(CN2C(=O)CNc3ccccc32)c1F. The second kappa shape index (κ2) is 5.44. The van der Waals surface area contributed by atoms with E-state index in [1.54, 1.807) is 23.1 Å². The average molecular weight is 286 g/mol. The summed E-state index contributed by atoms with van der Waals surface area (Å²) >= 11 is 0. The quantitative estimate of drug-likeness (QED) is 0.943. The molecule has 3 rings (SSSR count). The van der Waals surface area contributed by atoms with Crippen molar-refractivity contribution in [2.75, 3.05) is 23.9 Å². The number of hydrogen-bond acceptors (Lipinski definition) is 3. The summed E-state index contributed by atoms with van der Waals surface area (Å²) in [4.78, 5) is 13.7. The van der Waals surface area contributed by atoms with Gasteiger partial charge in [0, 0.05) is 5.56 Å². The highest BCUT2D eigenvalue weighted by Crippen LogP contribution is 2.31. The molecule has 1 aliphatic heterocycles. The Morgan fingerprint density at radius 3 is 2.86 bits per heavy atom. The molecule has 0 atom stereocenters. The van der Waals surface area contributed by atoms with Gasteiger partial charge in [0.25, 0.3) is 0 Å². The number of nitrogens with one attached hydrogen (secondary N) is 1. The number of carbonyl (C=O) groups excluding carboxylic acids is 1. The summed E-state index contributed by atoms with van der Waals surface area (Å²) in [5, 5.41) is 3.06. The van der Waals surface area contributed by atoms with Crippen molar-refractivity contribution in [3.63, 3.8) is 0 Å². The molecule has 0 aromatic heterocycles. The van der Waals surface area contributed by atoms with Crippen LogP contribution in [0.5, 0.6) is 5.75 Å². The molecule has 2 aromatic carbocycles. The minimum atomic E-state index is -0.427. The van der Waals surface area contributed by atoms with Crippen molar-refractivity contribution in [1.82, 2.24) is 0 Å². The molecule has 1 amide bonds. The van der Waals surface area contributed by atoms with E-state index in [0.717, 1.165) is 11.4 Å². The van der Waals surface area contributed by atoms with Gasteiger partial charge < -0.3 is 15.0 Å². The number of carbonyl (C=O) groups is 1. The van der Waals surface area contributed by atoms with Crippen molar-refractivity contribution in [2.24, 2.45) is 0 Å². The van der Waals surface area contributed by atoms with E-state index in [1.165, 1.54) is 7.11 Å². The number of benzene rings is 2. The molecule has 108 valence electrons. The number of rotatable bonds is 3. The fourth-order valence-electron chi connectivity index (χ4n) is 2.44. The van der Waals surface area contributed by atoms with Crippen LogP contribution in [0.4, 0.5) is 15.8 Å². The molecule has 0 aliphatic carbocycles. The molecular formula is C16H15FN2O2. The topological polar surface area (TPSA) is 41.6 Å². The molecule has 5 heteroatoms. The monoisotopic (exact) mass is 286 g/mol. The third kappa shape index (κ3) is 2.42. The summed E-state index contributed by atoms with van der Waals surface area (Å²) in [5.41, 5.74) is 2.07. The summed E-state index contributed by atoms with van der Waals surface area (Å²) in [6.07, 6.45) is 0. The molecule has 21 heavy (non-hydrogen) atoms. The number of amides is 1. The van der Waals surface area contributed by atoms with Crippen molar-refractivity contribution in [2.45, 2.75) is 6.54 Å². The first-order valence-electron chi connectivity index (χ1n) is 6.65. The Balaban J connectivity index is 1.96. The van der Waals surface area contributed by atoms with Crippen LogP contribution in [0, 0.1) is 5.82 Å². The molecule has 0 saturated carbocycles. The maximum absolute atomic E-state index is 14.3. The highest BCUT2D eigenvalue weighted by Gasteiger charge is 2.24. The standard InChI is InChI=1S/C16H15FN2O2/c1-21-14-8-4-5-11(16(14)17)10-19-13-7-3-2-6-12(13)18-9-15(19)20/h2-8,18H,9-10H2,1H3. The molecular weight excluding hydrogens is 271 g/mol. The summed E-state index contributed by atoms with van der Waals surface area (Å²) in [6, 6.07) is 12.4. The van der Waals surface area contributed by atoms with Gasteiger partial charge in [0.1, 0.15) is 0 Å². The number of fused-ring (bicyclic) bond motifs is 1. The lowest BCUT2D eigenvalue weighted by Gasteiger charge is -2.30. The van der Waals surface area contributed by atoms with Gasteiger partial charge in [-0.25, -0.2) is 4.39 Å². The van der Waals surface area contributed by atoms with E-state index in [2.05, 4.69) is 5.32 Å². The number of halogens is 1. The van der Waals surface area contributed by atoms with Crippen molar-refractivity contribution >= 4 is 17.3 Å². The number of para-hydroxylation sites is 2. The van der Waals surface area contributed by atoms with Crippen LogP contribution < -0.4 is 15.0 Å². The van der Waals surface area contributed by atoms with Gasteiger partial charge in [-0.15, -0.1) is 0 Å². The molecule has 0 bridgehead atoms. The van der Waals surface area contributed by atoms with Crippen LogP contribution in [-0.2, 0) is 11.3 Å². The highest BCUT2D eigenvalue weighted by atomic mass is 19.1. The smallest absolute Gasteiger partial charge is 0.246 e. The van der Waals surface area contributed by atoms with E-state index in [4.69, 9.17) is 4.74 Å². The molecule has 1 aliphatic rings. The number of nitrogens with zero attached hydrogens (tertiary/aromatic N) is 1. The van der Waals surface area contributed by atoms with Crippen molar-refractivity contribution in [1.29, 1.82) is 0 Å². The van der Waals surface area contributed by atoms with Gasteiger partial charge in [-0.1, -0.05) is 24.3 Å². The van der Waals surface area contributed by atoms with Gasteiger partial charge in [-0.05, 0) is 18.2 Å². The molecule has 1 heterocycles. The van der Waals surface area contributed by atoms with Crippen LogP contribution in [0.15, 0.2) is 42.5 Å². The van der Waals surface area contributed by atoms with Crippen LogP contribution >= 0.6 is 0 Å². The lowest BCUT2D eigenvalue weighted by atomic mass is 10.1. The minimum absolute atomic E-state index is 0.0871. The molecule has 0 saturated heterocycles. The van der Waals surface area contributed by atoms with Gasteiger partial charge in [0.2, 0.25) is 5.91 Å². The largest absolute Gasteiger partial charge is 0.494 e. The van der Waals surface area contributed by atoms with E-state index in [1.807, 2.05) is 24.3 Å². The van der Waals surface area contributed by atoms with Gasteiger partial charge in [-0.2, -0.15) is 0 Å². The second-order valence-electron chi connectivity index (χ2n) is 4.78. The zero-order valence-electron chi connectivity index (χ0n) is 11.6. The van der Waals surface area contributed by atoms with Crippen molar-refractivity contribution in [3.8, 4) is 5.75 Å². The van der Waals surface area contributed by atoms with Crippen molar-refractivity contribution in [3.05, 3.63) is 53.8 Å². The van der Waals surface area contributed by atoms with Gasteiger partial charge in [0.15, 0.2) is 11.6 Å². The first-order valence-corrected chi connectivity index (χ1v) is 6.65. The van der Waals surface area contributed by atoms with E-state index >= 15 is 0 Å². The Labute approximate surface area is 122 Å². The van der Waals surface area contributed by atoms with E-state index in [-0.39, 0.29) is 24.7 Å². The van der Waals surface area contributed by atoms with Crippen LogP contribution in [0.25, 0.3) is 0 Å². The Bertz CT molecular complexity index is 688. The predicted octanol–water partition coefficient (Wildman–Crippen LogP) is 2.79. The average Bonchev–Trinajstić information content (AvgIpc) is 2.52. The highest BCUT2D eigenvalue weighted by molar-refractivity contribution is 6.02. The van der Waals surface area contributed by atoms with E-state index in [9.17, 15) is 9.18 Å². The van der Waals surface area contributed by atoms with Gasteiger partial charge in [0.05, 0.1) is 31.6 Å². The number of anilines is 2. The Morgan fingerprint density at radius 2 is 2.05 bits per heavy atom. The fourth-order valence-corrected chi connectivity index (χ4v) is 2.44. The summed E-state index contributed by atoms with van der Waals surface area (Å²) in [6.45, 7) is 0.392. The third-order valence-electron chi connectivity index (χ3n) is 3.52. The van der Waals surface area contributed by atoms with Crippen molar-refractivity contribution < 1.29 is 13.9 Å². The summed E-state index contributed by atoms with van der Waals surface area (Å²) in [7, 11) is 1.42. The van der Waals surface area contributed by atoms with Crippen LogP contribution in [0.2, 0.25) is 0 Å². The Hall–Kier alpha value is -2.56. The molecule has 1 N–H and O–H groups in total. The van der Waals surface area contributed by atoms with E-state index < -0.39 is 5.82 Å². The zero-order valence-corrected chi connectivity index (χ0v) is 11.6. The zero-order chi connectivity index (χ0) is 14.8. The molecule has 2 aromatic rings. The molecule has 4 nitrogen and oxygen atoms in total. The number of hydrogen-bond donors (Lipinski definition) is 1. The van der Waals surface area contributed by atoms with E-state index in [0.29, 0.717) is 5.56 Å². The molecule has 0 radical (unpaired) electrons. The minimum Gasteiger partial charge on any atom is -0.494 e.